The molecule has 0 aromatic heterocycles. The van der Waals surface area contributed by atoms with Crippen molar-refractivity contribution in [2.75, 3.05) is 0 Å². The number of fused-ring (bicyclic) bond motifs is 1. The second-order valence-electron chi connectivity index (χ2n) is 3.08. The molecule has 0 spiro atoms. The topological polar surface area (TPSA) is 46.2 Å². The molecule has 1 heterocycles. The Morgan fingerprint density at radius 2 is 2.00 bits per heavy atom. The van der Waals surface area contributed by atoms with Gasteiger partial charge in [0, 0.05) is 8.96 Å². The second-order valence-corrected chi connectivity index (χ2v) is 6.22. The van der Waals surface area contributed by atoms with E-state index in [1.807, 2.05) is 0 Å². The van der Waals surface area contributed by atoms with E-state index in [0.29, 0.717) is 4.48 Å². The highest BCUT2D eigenvalue weighted by Crippen LogP contribution is 2.46. The highest BCUT2D eigenvalue weighted by Gasteiger charge is 2.55. The van der Waals surface area contributed by atoms with Crippen LogP contribution >= 0.6 is 47.8 Å². The van der Waals surface area contributed by atoms with Crippen LogP contribution in [0.4, 0.5) is 0 Å². The lowest BCUT2D eigenvalue weighted by molar-refractivity contribution is -0.125. The van der Waals surface area contributed by atoms with Crippen LogP contribution in [0.5, 0.6) is 0 Å². The van der Waals surface area contributed by atoms with Crippen molar-refractivity contribution in [2.24, 2.45) is 5.92 Å². The molecule has 1 saturated heterocycles. The highest BCUT2D eigenvalue weighted by atomic mass is 79.9. The summed E-state index contributed by atoms with van der Waals surface area (Å²) in [4.78, 5) is 23.0. The van der Waals surface area contributed by atoms with Crippen LogP contribution in [0.2, 0.25) is 0 Å². The van der Waals surface area contributed by atoms with Crippen LogP contribution in [0.3, 0.4) is 0 Å². The van der Waals surface area contributed by atoms with Crippen molar-refractivity contribution in [1.29, 1.82) is 0 Å². The number of imide groups is 1. The zero-order chi connectivity index (χ0) is 10.5. The van der Waals surface area contributed by atoms with Gasteiger partial charge in [0.05, 0.1) is 5.92 Å². The first kappa shape index (κ1) is 10.6. The number of halogens is 3. The number of hydrogen-bond donors (Lipinski definition) is 1. The van der Waals surface area contributed by atoms with Gasteiger partial charge in [-0.2, -0.15) is 0 Å². The first-order valence-electron chi connectivity index (χ1n) is 3.75. The van der Waals surface area contributed by atoms with Crippen LogP contribution < -0.4 is 5.32 Å². The molecule has 1 aliphatic heterocycles. The van der Waals surface area contributed by atoms with Crippen molar-refractivity contribution in [3.8, 4) is 0 Å². The Morgan fingerprint density at radius 3 is 2.64 bits per heavy atom. The van der Waals surface area contributed by atoms with E-state index in [1.54, 1.807) is 12.2 Å². The van der Waals surface area contributed by atoms with Crippen LogP contribution in [0, 0.1) is 5.92 Å². The molecule has 2 amide bonds. The van der Waals surface area contributed by atoms with Gasteiger partial charge in [0.1, 0.15) is 4.32 Å². The Kier molecular flexibility index (Phi) is 2.48. The number of alkyl halides is 1. The van der Waals surface area contributed by atoms with E-state index in [9.17, 15) is 9.59 Å². The number of rotatable bonds is 0. The fourth-order valence-corrected chi connectivity index (χ4v) is 4.68. The first-order valence-corrected chi connectivity index (χ1v) is 6.12. The zero-order valence-electron chi connectivity index (χ0n) is 6.68. The van der Waals surface area contributed by atoms with Crippen molar-refractivity contribution in [1.82, 2.24) is 5.32 Å². The molecule has 0 aromatic carbocycles. The largest absolute Gasteiger partial charge is 0.294 e. The number of nitrogens with one attached hydrogen (secondary N) is 1. The summed E-state index contributed by atoms with van der Waals surface area (Å²) in [5.74, 6) is -1.11. The predicted molar refractivity (Wildman–Crippen MR) is 62.3 cm³/mol. The Bertz CT molecular complexity index is 401. The number of allylic oxidation sites excluding steroid dienone is 2. The average molecular weight is 386 g/mol. The van der Waals surface area contributed by atoms with E-state index in [2.05, 4.69) is 53.1 Å². The van der Waals surface area contributed by atoms with Crippen molar-refractivity contribution < 1.29 is 9.59 Å². The van der Waals surface area contributed by atoms with Crippen molar-refractivity contribution in [2.45, 2.75) is 4.32 Å². The van der Waals surface area contributed by atoms with Crippen LogP contribution in [0.25, 0.3) is 0 Å². The van der Waals surface area contributed by atoms with Gasteiger partial charge in [0.2, 0.25) is 11.8 Å². The van der Waals surface area contributed by atoms with Gasteiger partial charge in [-0.1, -0.05) is 47.8 Å². The molecule has 1 aliphatic carbocycles. The van der Waals surface area contributed by atoms with Gasteiger partial charge in [0.15, 0.2) is 0 Å². The molecule has 2 unspecified atom stereocenters. The van der Waals surface area contributed by atoms with Gasteiger partial charge in [-0.3, -0.25) is 14.9 Å². The number of carbonyl (C=O) groups excluding carboxylic acids is 2. The Balaban J connectivity index is 2.57. The first-order chi connectivity index (χ1) is 6.45. The molecule has 74 valence electrons. The lowest BCUT2D eigenvalue weighted by atomic mass is 9.90. The molecule has 14 heavy (non-hydrogen) atoms. The lowest BCUT2D eigenvalue weighted by Crippen LogP contribution is -2.35. The normalized spacial score (nSPS) is 36.1. The third kappa shape index (κ3) is 1.35. The molecule has 0 saturated carbocycles. The summed E-state index contributed by atoms with van der Waals surface area (Å²) < 4.78 is 0.505. The molecule has 2 aliphatic rings. The van der Waals surface area contributed by atoms with Crippen LogP contribution in [-0.4, -0.2) is 16.1 Å². The van der Waals surface area contributed by atoms with E-state index in [0.717, 1.165) is 4.48 Å². The van der Waals surface area contributed by atoms with Gasteiger partial charge in [-0.25, -0.2) is 0 Å². The fraction of sp³-hybridized carbons (Fsp3) is 0.250. The summed E-state index contributed by atoms with van der Waals surface area (Å²) in [7, 11) is 0. The quantitative estimate of drug-likeness (QED) is 0.512. The van der Waals surface area contributed by atoms with Crippen LogP contribution in [0.1, 0.15) is 0 Å². The predicted octanol–water partition coefficient (Wildman–Crippen LogP) is 1.96. The molecule has 0 bridgehead atoms. The minimum absolute atomic E-state index is 0.286. The maximum absolute atomic E-state index is 11.5. The van der Waals surface area contributed by atoms with Crippen LogP contribution in [0.15, 0.2) is 21.1 Å². The van der Waals surface area contributed by atoms with Gasteiger partial charge in [-0.15, -0.1) is 0 Å². The van der Waals surface area contributed by atoms with Crippen LogP contribution in [-0.2, 0) is 9.59 Å². The SMILES string of the molecule is O=C1NC(=O)C2(Br)C=C(Br)C=C(Br)C12. The molecule has 1 fully saturated rings. The maximum atomic E-state index is 11.5. The third-order valence-corrected chi connectivity index (χ3v) is 4.36. The number of amides is 2. The molecule has 6 heteroatoms. The molecule has 1 N–H and O–H groups in total. The van der Waals surface area contributed by atoms with Gasteiger partial charge in [0.25, 0.3) is 0 Å². The molecule has 2 rings (SSSR count). The standard InChI is InChI=1S/C8H4Br3NO2/c9-3-1-4(10)5-6(13)12-7(14)8(5,11)2-3/h1-2,5H,(H,12,13,14). The third-order valence-electron chi connectivity index (χ3n) is 2.17. The van der Waals surface area contributed by atoms with Crippen molar-refractivity contribution in [3.05, 3.63) is 21.1 Å². The summed E-state index contributed by atoms with van der Waals surface area (Å²) >= 11 is 9.87. The lowest BCUT2D eigenvalue weighted by Gasteiger charge is -2.24. The summed E-state index contributed by atoms with van der Waals surface area (Å²) in [5, 5.41) is 2.29. The summed E-state index contributed by atoms with van der Waals surface area (Å²) in [6, 6.07) is 0. The molecule has 0 aromatic rings. The van der Waals surface area contributed by atoms with E-state index in [4.69, 9.17) is 0 Å². The number of carbonyl (C=O) groups is 2. The molecule has 3 nitrogen and oxygen atoms in total. The molecule has 2 atom stereocenters. The maximum Gasteiger partial charge on any atom is 0.248 e. The Morgan fingerprint density at radius 1 is 1.36 bits per heavy atom. The van der Waals surface area contributed by atoms with Crippen molar-refractivity contribution in [3.63, 3.8) is 0 Å². The number of hydrogen-bond acceptors (Lipinski definition) is 2. The summed E-state index contributed by atoms with van der Waals surface area (Å²) in [6.45, 7) is 0. The molecular weight excluding hydrogens is 382 g/mol. The van der Waals surface area contributed by atoms with Gasteiger partial charge in [-0.05, 0) is 12.2 Å². The van der Waals surface area contributed by atoms with E-state index in [1.165, 1.54) is 0 Å². The highest BCUT2D eigenvalue weighted by molar-refractivity contribution is 9.12. The average Bonchev–Trinajstić information content (AvgIpc) is 2.21. The minimum Gasteiger partial charge on any atom is -0.294 e. The Hall–Kier alpha value is 0.0600. The van der Waals surface area contributed by atoms with Gasteiger partial charge >= 0.3 is 0 Å². The molecule has 0 radical (unpaired) electrons. The zero-order valence-corrected chi connectivity index (χ0v) is 11.4. The summed E-state index contributed by atoms with van der Waals surface area (Å²) in [5.41, 5.74) is 0. The van der Waals surface area contributed by atoms with Crippen molar-refractivity contribution >= 4 is 59.6 Å². The van der Waals surface area contributed by atoms with E-state index >= 15 is 0 Å². The second kappa shape index (κ2) is 3.28. The monoisotopic (exact) mass is 383 g/mol. The summed E-state index contributed by atoms with van der Waals surface area (Å²) in [6.07, 6.45) is 3.45. The molecular formula is C8H4Br3NO2. The smallest absolute Gasteiger partial charge is 0.248 e. The van der Waals surface area contributed by atoms with E-state index < -0.39 is 10.2 Å². The van der Waals surface area contributed by atoms with E-state index in [-0.39, 0.29) is 11.8 Å². The van der Waals surface area contributed by atoms with Gasteiger partial charge < -0.3 is 0 Å². The Labute approximate surface area is 105 Å². The fourth-order valence-electron chi connectivity index (χ4n) is 1.53. The minimum atomic E-state index is -0.948.